The van der Waals surface area contributed by atoms with Crippen LogP contribution < -0.4 is 15.4 Å². The van der Waals surface area contributed by atoms with Gasteiger partial charge in [0.1, 0.15) is 30.2 Å². The lowest BCUT2D eigenvalue weighted by Crippen LogP contribution is -2.35. The number of carbonyl (C=O) groups is 1. The average Bonchev–Trinajstić information content (AvgIpc) is 3.33. The first kappa shape index (κ1) is 21.5. The number of halogens is 3. The summed E-state index contributed by atoms with van der Waals surface area (Å²) in [7, 11) is 0. The molecule has 0 bridgehead atoms. The first-order valence-electron chi connectivity index (χ1n) is 9.91. The van der Waals surface area contributed by atoms with Crippen LogP contribution in [0.25, 0.3) is 0 Å². The molecule has 0 aromatic heterocycles. The molecule has 164 valence electrons. The van der Waals surface area contributed by atoms with Crippen molar-refractivity contribution in [3.05, 3.63) is 51.7 Å². The van der Waals surface area contributed by atoms with E-state index >= 15 is 0 Å². The zero-order valence-electron chi connectivity index (χ0n) is 16.8. The van der Waals surface area contributed by atoms with Gasteiger partial charge in [-0.3, -0.25) is 4.79 Å². The molecule has 1 aromatic carbocycles. The van der Waals surface area contributed by atoms with Gasteiger partial charge in [0.2, 0.25) is 0 Å². The maximum atomic E-state index is 13.8. The summed E-state index contributed by atoms with van der Waals surface area (Å²) < 4.78 is 33.3. The fourth-order valence-corrected chi connectivity index (χ4v) is 3.77. The molecule has 10 heteroatoms. The Morgan fingerprint density at radius 2 is 2.23 bits per heavy atom. The molecule has 1 aromatic rings. The minimum absolute atomic E-state index is 0.0129. The van der Waals surface area contributed by atoms with Crippen molar-refractivity contribution >= 4 is 29.4 Å². The van der Waals surface area contributed by atoms with E-state index in [1.165, 1.54) is 23.2 Å². The third-order valence-corrected chi connectivity index (χ3v) is 5.84. The fourth-order valence-electron chi connectivity index (χ4n) is 3.67. The topological polar surface area (TPSA) is 89.8 Å². The number of rotatable bonds is 4. The predicted molar refractivity (Wildman–Crippen MR) is 114 cm³/mol. The van der Waals surface area contributed by atoms with E-state index in [0.717, 1.165) is 6.07 Å². The lowest BCUT2D eigenvalue weighted by Gasteiger charge is -2.20. The minimum Gasteiger partial charge on any atom is -0.491 e. The van der Waals surface area contributed by atoms with Gasteiger partial charge in [-0.25, -0.2) is 13.8 Å². The number of alkyl halides is 1. The van der Waals surface area contributed by atoms with Crippen molar-refractivity contribution in [2.45, 2.75) is 25.6 Å². The molecule has 0 saturated carbocycles. The van der Waals surface area contributed by atoms with Crippen molar-refractivity contribution in [2.24, 2.45) is 4.99 Å². The number of nitrogens with zero attached hydrogens (tertiary/aromatic N) is 2. The largest absolute Gasteiger partial charge is 0.491 e. The predicted octanol–water partition coefficient (Wildman–Crippen LogP) is 2.74. The van der Waals surface area contributed by atoms with Crippen LogP contribution in [0.4, 0.5) is 8.78 Å². The van der Waals surface area contributed by atoms with Crippen molar-refractivity contribution in [3.63, 3.8) is 0 Å². The summed E-state index contributed by atoms with van der Waals surface area (Å²) in [6.07, 6.45) is 0.844. The van der Waals surface area contributed by atoms with Gasteiger partial charge in [0.15, 0.2) is 0 Å². The number of nitrogens with one attached hydrogen (secondary N) is 3. The molecule has 0 aliphatic carbocycles. The van der Waals surface area contributed by atoms with Gasteiger partial charge in [-0.05, 0) is 32.0 Å². The molecular weight excluding hydrogens is 428 g/mol. The maximum Gasteiger partial charge on any atom is 0.258 e. The maximum absolute atomic E-state index is 13.8. The molecule has 4 rings (SSSR count). The summed E-state index contributed by atoms with van der Waals surface area (Å²) >= 11 is 6.01. The second-order valence-corrected chi connectivity index (χ2v) is 8.05. The van der Waals surface area contributed by atoms with E-state index in [9.17, 15) is 13.6 Å². The van der Waals surface area contributed by atoms with Gasteiger partial charge in [-0.2, -0.15) is 0 Å². The van der Waals surface area contributed by atoms with E-state index in [2.05, 4.69) is 15.6 Å². The van der Waals surface area contributed by atoms with E-state index < -0.39 is 23.9 Å². The number of carbonyl (C=O) groups excluding carboxylic acids is 1. The SMILES string of the molecule is CC1=C(Cl)C=N/C(=C2\CN(C(=O)c3ccc(F)cc3OCC3NCCC3F)CC2=N)N1. The number of hydrogen-bond acceptors (Lipinski definition) is 6. The number of aliphatic imine (C=N–C) groups is 1. The van der Waals surface area contributed by atoms with Gasteiger partial charge >= 0.3 is 0 Å². The summed E-state index contributed by atoms with van der Waals surface area (Å²) in [5, 5.41) is 14.8. The lowest BCUT2D eigenvalue weighted by molar-refractivity contribution is 0.0798. The zero-order valence-corrected chi connectivity index (χ0v) is 17.6. The highest BCUT2D eigenvalue weighted by Crippen LogP contribution is 2.27. The Morgan fingerprint density at radius 1 is 1.42 bits per heavy atom. The zero-order chi connectivity index (χ0) is 22.1. The Balaban J connectivity index is 1.52. The standard InChI is InChI=1S/C21H22ClF2N5O2/c1-11-15(22)7-27-20(28-11)14-8-29(9-17(14)25)21(30)13-3-2-12(23)6-19(13)31-10-18-16(24)4-5-26-18/h2-3,6-7,16,18,25-26,28H,4-5,8-10H2,1H3/b20-14-,25-17?. The molecule has 2 unspecified atom stereocenters. The number of allylic oxidation sites excluding steroid dienone is 2. The summed E-state index contributed by atoms with van der Waals surface area (Å²) in [5.41, 5.74) is 1.69. The Labute approximate surface area is 183 Å². The average molecular weight is 450 g/mol. The van der Waals surface area contributed by atoms with Crippen LogP contribution in [0.15, 0.2) is 45.3 Å². The van der Waals surface area contributed by atoms with Gasteiger partial charge in [0.25, 0.3) is 5.91 Å². The van der Waals surface area contributed by atoms with E-state index in [1.54, 1.807) is 6.92 Å². The van der Waals surface area contributed by atoms with E-state index in [-0.39, 0.29) is 36.7 Å². The van der Waals surface area contributed by atoms with Crippen molar-refractivity contribution in [1.82, 2.24) is 15.5 Å². The van der Waals surface area contributed by atoms with Crippen LogP contribution in [0.3, 0.4) is 0 Å². The Hall–Kier alpha value is -2.78. The number of benzene rings is 1. The molecule has 2 atom stereocenters. The third kappa shape index (κ3) is 4.47. The van der Waals surface area contributed by atoms with Crippen LogP contribution in [0.2, 0.25) is 0 Å². The Bertz CT molecular complexity index is 1020. The highest BCUT2D eigenvalue weighted by Gasteiger charge is 2.32. The molecule has 2 saturated heterocycles. The molecule has 7 nitrogen and oxygen atoms in total. The van der Waals surface area contributed by atoms with Gasteiger partial charge in [0, 0.05) is 23.6 Å². The van der Waals surface area contributed by atoms with Crippen molar-refractivity contribution in [2.75, 3.05) is 26.2 Å². The van der Waals surface area contributed by atoms with E-state index in [4.69, 9.17) is 21.7 Å². The second kappa shape index (κ2) is 8.76. The van der Waals surface area contributed by atoms with Crippen LogP contribution in [-0.2, 0) is 0 Å². The first-order valence-corrected chi connectivity index (χ1v) is 10.3. The Morgan fingerprint density at radius 3 is 2.94 bits per heavy atom. The number of hydrogen-bond donors (Lipinski definition) is 3. The number of ether oxygens (including phenoxy) is 1. The van der Waals surface area contributed by atoms with Crippen molar-refractivity contribution < 1.29 is 18.3 Å². The lowest BCUT2D eigenvalue weighted by atomic mass is 10.1. The highest BCUT2D eigenvalue weighted by molar-refractivity contribution is 6.39. The van der Waals surface area contributed by atoms with Crippen LogP contribution in [-0.4, -0.2) is 61.2 Å². The van der Waals surface area contributed by atoms with Crippen LogP contribution in [0.1, 0.15) is 23.7 Å². The molecule has 0 spiro atoms. The van der Waals surface area contributed by atoms with Gasteiger partial charge in [-0.1, -0.05) is 11.6 Å². The molecule has 3 aliphatic rings. The molecule has 3 aliphatic heterocycles. The van der Waals surface area contributed by atoms with Crippen LogP contribution >= 0.6 is 11.6 Å². The molecule has 31 heavy (non-hydrogen) atoms. The molecule has 2 fully saturated rings. The molecule has 3 heterocycles. The van der Waals surface area contributed by atoms with E-state index in [0.29, 0.717) is 35.1 Å². The minimum atomic E-state index is -1.05. The monoisotopic (exact) mass is 449 g/mol. The molecule has 1 amide bonds. The smallest absolute Gasteiger partial charge is 0.258 e. The molecule has 3 N–H and O–H groups in total. The fraction of sp³-hybridized carbons (Fsp3) is 0.381. The third-order valence-electron chi connectivity index (χ3n) is 5.46. The molecular formula is C21H22ClF2N5O2. The quantitative estimate of drug-likeness (QED) is 0.659. The number of amides is 1. The highest BCUT2D eigenvalue weighted by atomic mass is 35.5. The number of likely N-dealkylation sites (tertiary alicyclic amines) is 1. The first-order chi connectivity index (χ1) is 14.8. The van der Waals surface area contributed by atoms with Gasteiger partial charge in [0.05, 0.1) is 35.4 Å². The van der Waals surface area contributed by atoms with Crippen LogP contribution in [0, 0.1) is 11.2 Å². The van der Waals surface area contributed by atoms with Crippen LogP contribution in [0.5, 0.6) is 5.75 Å². The van der Waals surface area contributed by atoms with E-state index in [1.807, 2.05) is 0 Å². The van der Waals surface area contributed by atoms with Crippen molar-refractivity contribution in [1.29, 1.82) is 5.41 Å². The second-order valence-electron chi connectivity index (χ2n) is 7.64. The van der Waals surface area contributed by atoms with Gasteiger partial charge in [-0.15, -0.1) is 0 Å². The summed E-state index contributed by atoms with van der Waals surface area (Å²) in [6.45, 7) is 2.57. The summed E-state index contributed by atoms with van der Waals surface area (Å²) in [6, 6.07) is 3.15. The van der Waals surface area contributed by atoms with Crippen molar-refractivity contribution in [3.8, 4) is 5.75 Å². The Kier molecular flexibility index (Phi) is 6.06. The van der Waals surface area contributed by atoms with Gasteiger partial charge < -0.3 is 25.7 Å². The summed E-state index contributed by atoms with van der Waals surface area (Å²) in [4.78, 5) is 18.8. The normalized spacial score (nSPS) is 25.9. The summed E-state index contributed by atoms with van der Waals surface area (Å²) in [5.74, 6) is -0.437. The molecule has 0 radical (unpaired) electrons.